The standard InChI is InChI=1S/C22H25N3O5/c1-22(2,3)30-21(29)25-12-11-16(14-7-5-4-6-8-14)18(25)19(26)24-15-9-10-17(20(27)28)23-13-15/h4-10,13,16,18H,11-12H2,1-3H3,(H,24,26)(H,27,28)/t16-,18+/m1/s1. The first-order valence-corrected chi connectivity index (χ1v) is 9.70. The van der Waals surface area contributed by atoms with Gasteiger partial charge in [0.05, 0.1) is 11.9 Å². The molecule has 2 aromatic rings. The van der Waals surface area contributed by atoms with Gasteiger partial charge < -0.3 is 15.2 Å². The fraction of sp³-hybridized carbons (Fsp3) is 0.364. The fourth-order valence-electron chi connectivity index (χ4n) is 3.50. The number of pyridine rings is 1. The first-order valence-electron chi connectivity index (χ1n) is 9.70. The van der Waals surface area contributed by atoms with E-state index in [9.17, 15) is 14.4 Å². The second kappa shape index (κ2) is 8.52. The number of rotatable bonds is 4. The Morgan fingerprint density at radius 2 is 1.83 bits per heavy atom. The van der Waals surface area contributed by atoms with Crippen LogP contribution in [-0.4, -0.2) is 51.1 Å². The molecule has 158 valence electrons. The zero-order chi connectivity index (χ0) is 21.9. The number of anilines is 1. The molecule has 2 amide bonds. The Labute approximate surface area is 174 Å². The van der Waals surface area contributed by atoms with Crippen LogP contribution < -0.4 is 5.32 Å². The molecule has 2 atom stereocenters. The van der Waals surface area contributed by atoms with E-state index in [1.165, 1.54) is 23.2 Å². The van der Waals surface area contributed by atoms with Crippen molar-refractivity contribution < 1.29 is 24.2 Å². The van der Waals surface area contributed by atoms with Gasteiger partial charge in [0.1, 0.15) is 17.3 Å². The number of hydrogen-bond acceptors (Lipinski definition) is 5. The molecule has 0 unspecified atom stereocenters. The maximum Gasteiger partial charge on any atom is 0.410 e. The minimum absolute atomic E-state index is 0.119. The van der Waals surface area contributed by atoms with Gasteiger partial charge in [0.25, 0.3) is 0 Å². The number of carboxylic acids is 1. The van der Waals surface area contributed by atoms with Gasteiger partial charge in [0, 0.05) is 12.5 Å². The fourth-order valence-corrected chi connectivity index (χ4v) is 3.50. The van der Waals surface area contributed by atoms with Crippen molar-refractivity contribution in [2.75, 3.05) is 11.9 Å². The first kappa shape index (κ1) is 21.3. The van der Waals surface area contributed by atoms with Crippen molar-refractivity contribution in [3.8, 4) is 0 Å². The number of nitrogens with zero attached hydrogens (tertiary/aromatic N) is 2. The predicted molar refractivity (Wildman–Crippen MR) is 110 cm³/mol. The van der Waals surface area contributed by atoms with E-state index in [4.69, 9.17) is 9.84 Å². The molecule has 1 fully saturated rings. The van der Waals surface area contributed by atoms with Gasteiger partial charge in [0.15, 0.2) is 0 Å². The van der Waals surface area contributed by atoms with Crippen LogP contribution in [0.4, 0.5) is 10.5 Å². The molecule has 2 N–H and O–H groups in total. The lowest BCUT2D eigenvalue weighted by Gasteiger charge is -2.30. The highest BCUT2D eigenvalue weighted by molar-refractivity contribution is 5.98. The summed E-state index contributed by atoms with van der Waals surface area (Å²) in [4.78, 5) is 42.2. The number of carbonyl (C=O) groups excluding carboxylic acids is 2. The summed E-state index contributed by atoms with van der Waals surface area (Å²) >= 11 is 0. The van der Waals surface area contributed by atoms with Crippen molar-refractivity contribution in [3.63, 3.8) is 0 Å². The second-order valence-electron chi connectivity index (χ2n) is 8.15. The van der Waals surface area contributed by atoms with Gasteiger partial charge in [-0.05, 0) is 44.9 Å². The molecule has 2 heterocycles. The van der Waals surface area contributed by atoms with Gasteiger partial charge >= 0.3 is 12.1 Å². The van der Waals surface area contributed by atoms with E-state index < -0.39 is 23.7 Å². The Bertz CT molecular complexity index is 922. The van der Waals surface area contributed by atoms with Crippen molar-refractivity contribution in [1.82, 2.24) is 9.88 Å². The molecule has 8 heteroatoms. The van der Waals surface area contributed by atoms with E-state index >= 15 is 0 Å². The summed E-state index contributed by atoms with van der Waals surface area (Å²) in [6, 6.07) is 11.6. The van der Waals surface area contributed by atoms with E-state index in [1.807, 2.05) is 30.3 Å². The number of ether oxygens (including phenoxy) is 1. The smallest absolute Gasteiger partial charge is 0.410 e. The number of nitrogens with one attached hydrogen (secondary N) is 1. The molecule has 1 aromatic carbocycles. The summed E-state index contributed by atoms with van der Waals surface area (Å²) in [5.74, 6) is -1.72. The summed E-state index contributed by atoms with van der Waals surface area (Å²) < 4.78 is 5.51. The normalized spacial score (nSPS) is 18.7. The van der Waals surface area contributed by atoms with Crippen molar-refractivity contribution in [2.45, 2.75) is 44.8 Å². The summed E-state index contributed by atoms with van der Waals surface area (Å²) in [6.07, 6.45) is 1.36. The summed E-state index contributed by atoms with van der Waals surface area (Å²) in [6.45, 7) is 5.73. The third kappa shape index (κ3) is 4.94. The molecule has 0 aliphatic carbocycles. The molecule has 30 heavy (non-hydrogen) atoms. The van der Waals surface area contributed by atoms with E-state index in [0.29, 0.717) is 18.7 Å². The lowest BCUT2D eigenvalue weighted by atomic mass is 9.91. The number of amides is 2. The molecule has 0 spiro atoms. The van der Waals surface area contributed by atoms with Crippen LogP contribution in [0.15, 0.2) is 48.7 Å². The highest BCUT2D eigenvalue weighted by atomic mass is 16.6. The zero-order valence-electron chi connectivity index (χ0n) is 17.2. The summed E-state index contributed by atoms with van der Waals surface area (Å²) in [5.41, 5.74) is 0.516. The highest BCUT2D eigenvalue weighted by Gasteiger charge is 2.44. The lowest BCUT2D eigenvalue weighted by Crippen LogP contribution is -2.47. The summed E-state index contributed by atoms with van der Waals surface area (Å²) in [5, 5.41) is 11.7. The van der Waals surface area contributed by atoms with Crippen molar-refractivity contribution in [3.05, 3.63) is 59.9 Å². The average molecular weight is 411 g/mol. The first-order chi connectivity index (χ1) is 14.2. The Balaban J connectivity index is 1.85. The molecule has 1 saturated heterocycles. The number of aromatic nitrogens is 1. The van der Waals surface area contributed by atoms with Crippen LogP contribution in [0, 0.1) is 0 Å². The van der Waals surface area contributed by atoms with Gasteiger partial charge in [-0.25, -0.2) is 14.6 Å². The predicted octanol–water partition coefficient (Wildman–Crippen LogP) is 3.51. The molecule has 0 radical (unpaired) electrons. The van der Waals surface area contributed by atoms with Crippen LogP contribution in [0.3, 0.4) is 0 Å². The maximum absolute atomic E-state index is 13.2. The SMILES string of the molecule is CC(C)(C)OC(=O)N1CC[C@H](c2ccccc2)[C@H]1C(=O)Nc1ccc(C(=O)O)nc1. The molecule has 0 bridgehead atoms. The Kier molecular flexibility index (Phi) is 6.05. The van der Waals surface area contributed by atoms with Crippen LogP contribution in [-0.2, 0) is 9.53 Å². The van der Waals surface area contributed by atoms with E-state index in [2.05, 4.69) is 10.3 Å². The molecule has 0 saturated carbocycles. The minimum atomic E-state index is -1.15. The van der Waals surface area contributed by atoms with Gasteiger partial charge in [-0.15, -0.1) is 0 Å². The molecule has 1 aliphatic rings. The number of hydrogen-bond donors (Lipinski definition) is 2. The van der Waals surface area contributed by atoms with E-state index in [-0.39, 0.29) is 17.5 Å². The van der Waals surface area contributed by atoms with Gasteiger partial charge in [-0.1, -0.05) is 30.3 Å². The van der Waals surface area contributed by atoms with Crippen LogP contribution >= 0.6 is 0 Å². The van der Waals surface area contributed by atoms with E-state index in [0.717, 1.165) is 5.56 Å². The lowest BCUT2D eigenvalue weighted by molar-refractivity contribution is -0.120. The monoisotopic (exact) mass is 411 g/mol. The van der Waals surface area contributed by atoms with Crippen molar-refractivity contribution in [2.24, 2.45) is 0 Å². The van der Waals surface area contributed by atoms with Crippen molar-refractivity contribution >= 4 is 23.7 Å². The van der Waals surface area contributed by atoms with Crippen LogP contribution in [0.5, 0.6) is 0 Å². The second-order valence-corrected chi connectivity index (χ2v) is 8.15. The number of carbonyl (C=O) groups is 3. The molecule has 1 aliphatic heterocycles. The topological polar surface area (TPSA) is 109 Å². The average Bonchev–Trinajstić information content (AvgIpc) is 3.13. The molecule has 3 rings (SSSR count). The largest absolute Gasteiger partial charge is 0.477 e. The van der Waals surface area contributed by atoms with Crippen LogP contribution in [0.2, 0.25) is 0 Å². The molecule has 1 aromatic heterocycles. The highest BCUT2D eigenvalue weighted by Crippen LogP contribution is 2.35. The van der Waals surface area contributed by atoms with Crippen LogP contribution in [0.1, 0.15) is 49.2 Å². The maximum atomic E-state index is 13.2. The molecule has 8 nitrogen and oxygen atoms in total. The van der Waals surface area contributed by atoms with Gasteiger partial charge in [0.2, 0.25) is 5.91 Å². The number of benzene rings is 1. The number of likely N-dealkylation sites (tertiary alicyclic amines) is 1. The Morgan fingerprint density at radius 1 is 1.13 bits per heavy atom. The minimum Gasteiger partial charge on any atom is -0.477 e. The van der Waals surface area contributed by atoms with Crippen molar-refractivity contribution in [1.29, 1.82) is 0 Å². The summed E-state index contributed by atoms with van der Waals surface area (Å²) in [7, 11) is 0. The number of carboxylic acid groups (broad SMARTS) is 1. The third-order valence-corrected chi connectivity index (χ3v) is 4.77. The quantitative estimate of drug-likeness (QED) is 0.797. The van der Waals surface area contributed by atoms with Crippen LogP contribution in [0.25, 0.3) is 0 Å². The Morgan fingerprint density at radius 3 is 2.40 bits per heavy atom. The zero-order valence-corrected chi connectivity index (χ0v) is 17.2. The third-order valence-electron chi connectivity index (χ3n) is 4.77. The van der Waals surface area contributed by atoms with E-state index in [1.54, 1.807) is 20.8 Å². The molecular weight excluding hydrogens is 386 g/mol. The van der Waals surface area contributed by atoms with Gasteiger partial charge in [-0.2, -0.15) is 0 Å². The van der Waals surface area contributed by atoms with Gasteiger partial charge in [-0.3, -0.25) is 9.69 Å². The Hall–Kier alpha value is -3.42. The molecular formula is C22H25N3O5. The number of aromatic carboxylic acids is 1.